The molecule has 0 aliphatic carbocycles. The lowest BCUT2D eigenvalue weighted by Gasteiger charge is -2.22. The normalized spacial score (nSPS) is 12.8. The van der Waals surface area contributed by atoms with Crippen LogP contribution in [0.25, 0.3) is 11.4 Å². The fraction of sp³-hybridized carbons (Fsp3) is 0.348. The summed E-state index contributed by atoms with van der Waals surface area (Å²) in [7, 11) is 1.58. The van der Waals surface area contributed by atoms with Crippen molar-refractivity contribution in [1.82, 2.24) is 25.8 Å². The number of rotatable bonds is 9. The van der Waals surface area contributed by atoms with Crippen LogP contribution in [0.4, 0.5) is 0 Å². The molecule has 1 aromatic carbocycles. The zero-order valence-corrected chi connectivity index (χ0v) is 18.5. The van der Waals surface area contributed by atoms with Gasteiger partial charge in [0.15, 0.2) is 0 Å². The molecule has 0 aliphatic rings. The summed E-state index contributed by atoms with van der Waals surface area (Å²) in [6, 6.07) is 9.84. The van der Waals surface area contributed by atoms with E-state index in [1.165, 1.54) is 6.92 Å². The van der Waals surface area contributed by atoms with Gasteiger partial charge in [-0.3, -0.25) is 14.6 Å². The van der Waals surface area contributed by atoms with Gasteiger partial charge in [0, 0.05) is 24.9 Å². The van der Waals surface area contributed by atoms with E-state index in [1.807, 2.05) is 26.0 Å². The van der Waals surface area contributed by atoms with E-state index in [1.54, 1.807) is 43.8 Å². The van der Waals surface area contributed by atoms with Crippen LogP contribution in [0.2, 0.25) is 0 Å². The van der Waals surface area contributed by atoms with Gasteiger partial charge in [-0.25, -0.2) is 0 Å². The van der Waals surface area contributed by atoms with Crippen LogP contribution in [0.5, 0.6) is 5.75 Å². The van der Waals surface area contributed by atoms with Gasteiger partial charge in [0.1, 0.15) is 11.8 Å². The highest BCUT2D eigenvalue weighted by atomic mass is 16.5. The molecule has 0 bridgehead atoms. The third-order valence-corrected chi connectivity index (χ3v) is 4.91. The van der Waals surface area contributed by atoms with E-state index in [-0.39, 0.29) is 24.2 Å². The Kier molecular flexibility index (Phi) is 7.54. The molecule has 9 nitrogen and oxygen atoms in total. The van der Waals surface area contributed by atoms with Gasteiger partial charge in [-0.1, -0.05) is 31.1 Å². The van der Waals surface area contributed by atoms with Crippen LogP contribution >= 0.6 is 0 Å². The SMILES string of the molecule is COc1ccc(C(CC(=O)NC(c2nc(-c3ccncc3)no2)C(C)C)NC(C)=O)cc1. The van der Waals surface area contributed by atoms with Crippen LogP contribution in [0.15, 0.2) is 53.3 Å². The third-order valence-electron chi connectivity index (χ3n) is 4.91. The summed E-state index contributed by atoms with van der Waals surface area (Å²) in [6.45, 7) is 5.33. The number of hydrogen-bond acceptors (Lipinski definition) is 7. The summed E-state index contributed by atoms with van der Waals surface area (Å²) in [5.74, 6) is 0.975. The van der Waals surface area contributed by atoms with Gasteiger partial charge in [-0.2, -0.15) is 4.98 Å². The number of carbonyl (C=O) groups is 2. The highest BCUT2D eigenvalue weighted by molar-refractivity contribution is 5.79. The molecule has 3 aromatic rings. The second-order valence-corrected chi connectivity index (χ2v) is 7.71. The average Bonchev–Trinajstić information content (AvgIpc) is 3.27. The molecule has 0 fully saturated rings. The average molecular weight is 438 g/mol. The predicted molar refractivity (Wildman–Crippen MR) is 117 cm³/mol. The molecule has 32 heavy (non-hydrogen) atoms. The molecule has 168 valence electrons. The summed E-state index contributed by atoms with van der Waals surface area (Å²) in [6.07, 6.45) is 3.35. The third kappa shape index (κ3) is 5.90. The van der Waals surface area contributed by atoms with Crippen LogP contribution < -0.4 is 15.4 Å². The first-order valence-corrected chi connectivity index (χ1v) is 10.3. The van der Waals surface area contributed by atoms with Crippen LogP contribution in [-0.2, 0) is 9.59 Å². The van der Waals surface area contributed by atoms with E-state index >= 15 is 0 Å². The van der Waals surface area contributed by atoms with Crippen molar-refractivity contribution >= 4 is 11.8 Å². The van der Waals surface area contributed by atoms with Crippen LogP contribution in [-0.4, -0.2) is 34.0 Å². The van der Waals surface area contributed by atoms with E-state index in [9.17, 15) is 9.59 Å². The second-order valence-electron chi connectivity index (χ2n) is 7.71. The first-order chi connectivity index (χ1) is 15.4. The van der Waals surface area contributed by atoms with E-state index < -0.39 is 12.1 Å². The van der Waals surface area contributed by atoms with Gasteiger partial charge in [0.05, 0.1) is 19.6 Å². The molecule has 0 spiro atoms. The zero-order chi connectivity index (χ0) is 23.1. The minimum absolute atomic E-state index is 0.00453. The van der Waals surface area contributed by atoms with Crippen molar-refractivity contribution in [3.63, 3.8) is 0 Å². The van der Waals surface area contributed by atoms with Gasteiger partial charge in [-0.15, -0.1) is 0 Å². The monoisotopic (exact) mass is 437 g/mol. The quantitative estimate of drug-likeness (QED) is 0.527. The molecule has 0 radical (unpaired) electrons. The van der Waals surface area contributed by atoms with Crippen molar-refractivity contribution < 1.29 is 18.8 Å². The number of carbonyl (C=O) groups excluding carboxylic acids is 2. The smallest absolute Gasteiger partial charge is 0.249 e. The number of nitrogens with zero attached hydrogens (tertiary/aromatic N) is 3. The number of hydrogen-bond donors (Lipinski definition) is 2. The summed E-state index contributed by atoms with van der Waals surface area (Å²) >= 11 is 0. The molecule has 2 atom stereocenters. The number of benzene rings is 1. The van der Waals surface area contributed by atoms with E-state index in [0.29, 0.717) is 17.5 Å². The van der Waals surface area contributed by atoms with Crippen LogP contribution in [0.1, 0.15) is 50.7 Å². The molecule has 0 saturated carbocycles. The van der Waals surface area contributed by atoms with Crippen molar-refractivity contribution in [2.45, 2.75) is 39.3 Å². The minimum atomic E-state index is -0.485. The highest BCUT2D eigenvalue weighted by Gasteiger charge is 2.26. The van der Waals surface area contributed by atoms with E-state index in [2.05, 4.69) is 25.8 Å². The van der Waals surface area contributed by atoms with Crippen molar-refractivity contribution in [1.29, 1.82) is 0 Å². The summed E-state index contributed by atoms with van der Waals surface area (Å²) in [4.78, 5) is 33.1. The number of methoxy groups -OCH3 is 1. The summed E-state index contributed by atoms with van der Waals surface area (Å²) < 4.78 is 10.6. The van der Waals surface area contributed by atoms with Crippen molar-refractivity contribution in [2.24, 2.45) is 5.92 Å². The lowest BCUT2D eigenvalue weighted by molar-refractivity contribution is -0.123. The Morgan fingerprint density at radius 3 is 2.34 bits per heavy atom. The molecule has 9 heteroatoms. The molecule has 2 aromatic heterocycles. The van der Waals surface area contributed by atoms with Gasteiger partial charge in [-0.05, 0) is 35.7 Å². The first kappa shape index (κ1) is 22.9. The van der Waals surface area contributed by atoms with Crippen molar-refractivity contribution in [3.05, 3.63) is 60.2 Å². The molecular weight excluding hydrogens is 410 g/mol. The molecular formula is C23H27N5O4. The number of amides is 2. The van der Waals surface area contributed by atoms with Gasteiger partial charge in [0.25, 0.3) is 0 Å². The predicted octanol–water partition coefficient (Wildman–Crippen LogP) is 3.22. The maximum atomic E-state index is 12.9. The van der Waals surface area contributed by atoms with E-state index in [0.717, 1.165) is 11.1 Å². The Morgan fingerprint density at radius 2 is 1.75 bits per heavy atom. The molecule has 2 unspecified atom stereocenters. The van der Waals surface area contributed by atoms with E-state index in [4.69, 9.17) is 9.26 Å². The van der Waals surface area contributed by atoms with Crippen molar-refractivity contribution in [3.8, 4) is 17.1 Å². The van der Waals surface area contributed by atoms with Gasteiger partial charge in [0.2, 0.25) is 23.5 Å². The maximum absolute atomic E-state index is 12.9. The molecule has 3 rings (SSSR count). The van der Waals surface area contributed by atoms with Gasteiger partial charge >= 0.3 is 0 Å². The lowest BCUT2D eigenvalue weighted by atomic mass is 10.0. The van der Waals surface area contributed by atoms with Crippen molar-refractivity contribution in [2.75, 3.05) is 7.11 Å². The Hall–Kier alpha value is -3.75. The largest absolute Gasteiger partial charge is 0.497 e. The molecule has 0 aliphatic heterocycles. The maximum Gasteiger partial charge on any atom is 0.249 e. The molecule has 2 amide bonds. The summed E-state index contributed by atoms with van der Waals surface area (Å²) in [5, 5.41) is 9.83. The molecule has 2 heterocycles. The highest BCUT2D eigenvalue weighted by Crippen LogP contribution is 2.25. The summed E-state index contributed by atoms with van der Waals surface area (Å²) in [5.41, 5.74) is 1.57. The number of ether oxygens (including phenoxy) is 1. The van der Waals surface area contributed by atoms with Gasteiger partial charge < -0.3 is 19.9 Å². The number of aromatic nitrogens is 3. The zero-order valence-electron chi connectivity index (χ0n) is 18.5. The standard InChI is InChI=1S/C23H27N5O4/c1-14(2)21(23-27-22(28-32-23)17-9-11-24-12-10-17)26-20(30)13-19(25-15(3)29)16-5-7-18(31-4)8-6-16/h5-12,14,19,21H,13H2,1-4H3,(H,25,29)(H,26,30). The Bertz CT molecular complexity index is 1030. The second kappa shape index (κ2) is 10.5. The minimum Gasteiger partial charge on any atom is -0.497 e. The topological polar surface area (TPSA) is 119 Å². The number of pyridine rings is 1. The lowest BCUT2D eigenvalue weighted by Crippen LogP contribution is -2.36. The Morgan fingerprint density at radius 1 is 1.06 bits per heavy atom. The molecule has 2 N–H and O–H groups in total. The van der Waals surface area contributed by atoms with Crippen LogP contribution in [0, 0.1) is 5.92 Å². The van der Waals surface area contributed by atoms with Crippen LogP contribution in [0.3, 0.4) is 0 Å². The fourth-order valence-electron chi connectivity index (χ4n) is 3.24. The Labute approximate surface area is 186 Å². The number of nitrogens with one attached hydrogen (secondary N) is 2. The molecule has 0 saturated heterocycles. The Balaban J connectivity index is 1.74. The fourth-order valence-corrected chi connectivity index (χ4v) is 3.24. The first-order valence-electron chi connectivity index (χ1n) is 10.3.